The van der Waals surface area contributed by atoms with E-state index in [1.807, 2.05) is 0 Å². The standard InChI is InChI=1S/C45H29N5Si/c1-3-11-30(12-4-1)49-40-17-9-7-15-32(40)34-21-19-28(23-42(34)49)38-25-36-37-26-39(47-48-45(37)51-44(36)27-46-38)29-20-22-35-33-16-8-10-18-41(33)50(43(35)24-29)31-13-5-2-6-14-31/h1-27H,51H2. The fourth-order valence-corrected chi connectivity index (χ4v) is 9.76. The number of hydrogen-bond acceptors (Lipinski definition) is 3. The molecule has 4 aromatic heterocycles. The fourth-order valence-electron chi connectivity index (χ4n) is 8.11. The van der Waals surface area contributed by atoms with Crippen LogP contribution in [0.15, 0.2) is 164 Å². The van der Waals surface area contributed by atoms with Gasteiger partial charge < -0.3 is 9.13 Å². The van der Waals surface area contributed by atoms with E-state index in [1.54, 1.807) is 0 Å². The van der Waals surface area contributed by atoms with E-state index in [1.165, 1.54) is 54.4 Å². The Morgan fingerprint density at radius 3 is 1.53 bits per heavy atom. The van der Waals surface area contributed by atoms with Crippen LogP contribution >= 0.6 is 0 Å². The topological polar surface area (TPSA) is 48.5 Å². The highest BCUT2D eigenvalue weighted by Gasteiger charge is 2.24. The summed E-state index contributed by atoms with van der Waals surface area (Å²) in [6, 6.07) is 56.4. The monoisotopic (exact) mass is 667 g/mol. The lowest BCUT2D eigenvalue weighted by atomic mass is 10.0. The van der Waals surface area contributed by atoms with Gasteiger partial charge in [-0.3, -0.25) is 4.98 Å². The molecule has 1 aliphatic heterocycles. The lowest BCUT2D eigenvalue weighted by Gasteiger charge is -2.10. The van der Waals surface area contributed by atoms with Gasteiger partial charge >= 0.3 is 0 Å². The number of rotatable bonds is 4. The first-order valence-corrected chi connectivity index (χ1v) is 18.7. The van der Waals surface area contributed by atoms with Crippen LogP contribution in [-0.2, 0) is 0 Å². The Balaban J connectivity index is 1.03. The van der Waals surface area contributed by atoms with Crippen molar-refractivity contribution in [3.05, 3.63) is 164 Å². The van der Waals surface area contributed by atoms with Crippen LogP contribution in [0.2, 0.25) is 0 Å². The van der Waals surface area contributed by atoms with Crippen LogP contribution < -0.4 is 10.5 Å². The van der Waals surface area contributed by atoms with Crippen LogP contribution in [0.5, 0.6) is 0 Å². The second kappa shape index (κ2) is 10.9. The molecule has 5 nitrogen and oxygen atoms in total. The molecule has 0 aliphatic carbocycles. The number of nitrogens with zero attached hydrogens (tertiary/aromatic N) is 5. The average Bonchev–Trinajstić information content (AvgIpc) is 3.85. The predicted octanol–water partition coefficient (Wildman–Crippen LogP) is 8.50. The number of benzene rings is 6. The van der Waals surface area contributed by atoms with Crippen molar-refractivity contribution in [3.8, 4) is 45.0 Å². The van der Waals surface area contributed by atoms with E-state index in [-0.39, 0.29) is 0 Å². The molecule has 5 heterocycles. The zero-order valence-corrected chi connectivity index (χ0v) is 28.9. The molecule has 0 spiro atoms. The highest BCUT2D eigenvalue weighted by atomic mass is 28.2. The Bertz CT molecular complexity index is 2790. The average molecular weight is 668 g/mol. The van der Waals surface area contributed by atoms with Gasteiger partial charge in [0.2, 0.25) is 0 Å². The zero-order chi connectivity index (χ0) is 33.5. The molecule has 6 aromatic carbocycles. The molecular formula is C45H29N5Si. The predicted molar refractivity (Wildman–Crippen MR) is 213 cm³/mol. The van der Waals surface area contributed by atoms with Crippen molar-refractivity contribution in [2.75, 3.05) is 0 Å². The van der Waals surface area contributed by atoms with Gasteiger partial charge in [-0.25, -0.2) is 0 Å². The van der Waals surface area contributed by atoms with Crippen LogP contribution in [0, 0.1) is 0 Å². The fraction of sp³-hybridized carbons (Fsp3) is 0. The summed E-state index contributed by atoms with van der Waals surface area (Å²) in [5.41, 5.74) is 13.4. The summed E-state index contributed by atoms with van der Waals surface area (Å²) in [6.45, 7) is 0. The quantitative estimate of drug-likeness (QED) is 0.177. The highest BCUT2D eigenvalue weighted by Crippen LogP contribution is 2.37. The number of fused-ring (bicyclic) bond motifs is 9. The Morgan fingerprint density at radius 2 is 0.922 bits per heavy atom. The van der Waals surface area contributed by atoms with Crippen molar-refractivity contribution in [2.24, 2.45) is 0 Å². The first-order valence-electron chi connectivity index (χ1n) is 17.3. The van der Waals surface area contributed by atoms with Crippen molar-refractivity contribution < 1.29 is 0 Å². The van der Waals surface area contributed by atoms with Crippen molar-refractivity contribution in [1.82, 2.24) is 24.3 Å². The minimum absolute atomic E-state index is 0.780. The third kappa shape index (κ3) is 4.30. The molecule has 0 amide bonds. The number of hydrogen-bond donors (Lipinski definition) is 0. The SMILES string of the molecule is c1ccc(-n2c3ccccc3c3ccc(-c4cc5c(cn4)[SiH2]c4nnc(-c6ccc7c8ccccc8n(-c8ccccc8)c7c6)cc4-5)cc32)cc1. The maximum Gasteiger partial charge on any atom is 0.117 e. The molecule has 0 unspecified atom stereocenters. The van der Waals surface area contributed by atoms with Gasteiger partial charge in [-0.2, -0.15) is 10.2 Å². The summed E-state index contributed by atoms with van der Waals surface area (Å²) in [6.07, 6.45) is 2.08. The Hall–Kier alpha value is -6.63. The van der Waals surface area contributed by atoms with Crippen LogP contribution in [0.1, 0.15) is 0 Å². The molecule has 6 heteroatoms. The summed E-state index contributed by atoms with van der Waals surface area (Å²) in [5.74, 6) is 0. The van der Waals surface area contributed by atoms with Crippen LogP contribution in [0.3, 0.4) is 0 Å². The first kappa shape index (κ1) is 28.2. The normalized spacial score (nSPS) is 12.7. The van der Waals surface area contributed by atoms with Crippen LogP contribution in [0.4, 0.5) is 0 Å². The molecule has 0 saturated carbocycles. The molecular weight excluding hydrogens is 639 g/mol. The lowest BCUT2D eigenvalue weighted by molar-refractivity contribution is 1.07. The number of pyridine rings is 1. The molecule has 238 valence electrons. The van der Waals surface area contributed by atoms with Crippen molar-refractivity contribution in [3.63, 3.8) is 0 Å². The molecule has 0 atom stereocenters. The van der Waals surface area contributed by atoms with Gasteiger partial charge in [0.05, 0.1) is 38.8 Å². The minimum atomic E-state index is -0.780. The number of para-hydroxylation sites is 4. The zero-order valence-electron chi connectivity index (χ0n) is 27.5. The maximum absolute atomic E-state index is 5.02. The van der Waals surface area contributed by atoms with E-state index < -0.39 is 9.52 Å². The van der Waals surface area contributed by atoms with E-state index in [0.29, 0.717) is 0 Å². The summed E-state index contributed by atoms with van der Waals surface area (Å²) in [7, 11) is -0.780. The van der Waals surface area contributed by atoms with Gasteiger partial charge in [-0.15, -0.1) is 0 Å². The van der Waals surface area contributed by atoms with E-state index in [0.717, 1.165) is 44.7 Å². The number of aromatic nitrogens is 5. The summed E-state index contributed by atoms with van der Waals surface area (Å²) in [5, 5.41) is 17.0. The third-order valence-corrected chi connectivity index (χ3v) is 12.3. The second-order valence-corrected chi connectivity index (χ2v) is 15.1. The molecule has 0 bridgehead atoms. The van der Waals surface area contributed by atoms with Crippen molar-refractivity contribution in [2.45, 2.75) is 0 Å². The molecule has 0 radical (unpaired) electrons. The van der Waals surface area contributed by atoms with Gasteiger partial charge in [0.25, 0.3) is 0 Å². The van der Waals surface area contributed by atoms with E-state index in [2.05, 4.69) is 173 Å². The molecule has 51 heavy (non-hydrogen) atoms. The van der Waals surface area contributed by atoms with Crippen LogP contribution in [-0.4, -0.2) is 33.8 Å². The summed E-state index contributed by atoms with van der Waals surface area (Å²) >= 11 is 0. The molecule has 11 rings (SSSR count). The molecule has 0 saturated heterocycles. The van der Waals surface area contributed by atoms with Gasteiger partial charge in [-0.05, 0) is 71.4 Å². The Morgan fingerprint density at radius 1 is 0.412 bits per heavy atom. The molecule has 0 fully saturated rings. The van der Waals surface area contributed by atoms with Gasteiger partial charge in [0, 0.05) is 55.8 Å². The summed E-state index contributed by atoms with van der Waals surface area (Å²) in [4.78, 5) is 5.02. The smallest absolute Gasteiger partial charge is 0.117 e. The van der Waals surface area contributed by atoms with Crippen LogP contribution in [0.25, 0.3) is 88.6 Å². The van der Waals surface area contributed by atoms with E-state index in [9.17, 15) is 0 Å². The third-order valence-electron chi connectivity index (χ3n) is 10.5. The molecule has 0 N–H and O–H groups in total. The van der Waals surface area contributed by atoms with Gasteiger partial charge in [0.15, 0.2) is 0 Å². The van der Waals surface area contributed by atoms with E-state index >= 15 is 0 Å². The highest BCUT2D eigenvalue weighted by molar-refractivity contribution is 6.72. The maximum atomic E-state index is 5.02. The second-order valence-electron chi connectivity index (χ2n) is 13.3. The first-order chi connectivity index (χ1) is 25.3. The minimum Gasteiger partial charge on any atom is -0.309 e. The van der Waals surface area contributed by atoms with E-state index in [4.69, 9.17) is 15.2 Å². The lowest BCUT2D eigenvalue weighted by Crippen LogP contribution is -2.24. The van der Waals surface area contributed by atoms with Gasteiger partial charge in [-0.1, -0.05) is 97.1 Å². The Labute approximate surface area is 295 Å². The summed E-state index contributed by atoms with van der Waals surface area (Å²) < 4.78 is 4.71. The molecule has 10 aromatic rings. The van der Waals surface area contributed by atoms with Crippen molar-refractivity contribution >= 4 is 63.6 Å². The largest absolute Gasteiger partial charge is 0.309 e. The van der Waals surface area contributed by atoms with Crippen molar-refractivity contribution in [1.29, 1.82) is 0 Å². The Kier molecular flexibility index (Phi) is 6.05. The van der Waals surface area contributed by atoms with Gasteiger partial charge in [0.1, 0.15) is 9.52 Å². The molecule has 1 aliphatic rings.